The SMILES string of the molecule is CN1C(=O)COc2ccc(CCNCNN)cc21. The van der Waals surface area contributed by atoms with Crippen LogP contribution in [-0.4, -0.2) is 32.8 Å². The maximum Gasteiger partial charge on any atom is 0.264 e. The van der Waals surface area contributed by atoms with Gasteiger partial charge < -0.3 is 15.0 Å². The zero-order valence-electron chi connectivity index (χ0n) is 10.4. The summed E-state index contributed by atoms with van der Waals surface area (Å²) in [5, 5.41) is 3.14. The quantitative estimate of drug-likeness (QED) is 0.287. The van der Waals surface area contributed by atoms with E-state index in [1.165, 1.54) is 0 Å². The van der Waals surface area contributed by atoms with Gasteiger partial charge in [-0.25, -0.2) is 5.43 Å². The van der Waals surface area contributed by atoms with Gasteiger partial charge in [-0.1, -0.05) is 6.07 Å². The molecule has 6 heteroatoms. The Labute approximate surface area is 106 Å². The number of rotatable bonds is 5. The van der Waals surface area contributed by atoms with Gasteiger partial charge in [-0.2, -0.15) is 0 Å². The molecule has 1 aromatic rings. The van der Waals surface area contributed by atoms with Gasteiger partial charge in [0.1, 0.15) is 5.75 Å². The van der Waals surface area contributed by atoms with Crippen molar-refractivity contribution in [3.63, 3.8) is 0 Å². The standard InChI is InChI=1S/C12H18N4O2/c1-16-10-6-9(4-5-14-8-15-13)2-3-11(10)18-7-12(16)17/h2-3,6,14-15H,4-5,7-8,13H2,1H3. The first-order valence-electron chi connectivity index (χ1n) is 5.89. The molecule has 0 aromatic heterocycles. The first-order valence-corrected chi connectivity index (χ1v) is 5.89. The molecule has 0 saturated heterocycles. The van der Waals surface area contributed by atoms with Crippen molar-refractivity contribution in [1.82, 2.24) is 10.7 Å². The number of likely N-dealkylation sites (N-methyl/N-ethyl adjacent to an activating group) is 1. The zero-order valence-corrected chi connectivity index (χ0v) is 10.4. The number of nitrogens with two attached hydrogens (primary N) is 1. The highest BCUT2D eigenvalue weighted by atomic mass is 16.5. The second-order valence-electron chi connectivity index (χ2n) is 4.17. The molecule has 0 radical (unpaired) electrons. The molecule has 0 fully saturated rings. The summed E-state index contributed by atoms with van der Waals surface area (Å²) in [6.07, 6.45) is 0.872. The fourth-order valence-corrected chi connectivity index (χ4v) is 1.87. The molecule has 98 valence electrons. The number of ether oxygens (including phenoxy) is 1. The lowest BCUT2D eigenvalue weighted by atomic mass is 10.1. The first-order chi connectivity index (χ1) is 8.72. The second kappa shape index (κ2) is 5.81. The van der Waals surface area contributed by atoms with Gasteiger partial charge in [0.25, 0.3) is 5.91 Å². The highest BCUT2D eigenvalue weighted by Crippen LogP contribution is 2.31. The van der Waals surface area contributed by atoms with E-state index in [2.05, 4.69) is 10.7 Å². The van der Waals surface area contributed by atoms with Crippen LogP contribution in [0, 0.1) is 0 Å². The Morgan fingerprint density at radius 3 is 3.11 bits per heavy atom. The maximum atomic E-state index is 11.5. The summed E-state index contributed by atoms with van der Waals surface area (Å²) in [6.45, 7) is 1.51. The maximum absolute atomic E-state index is 11.5. The Hall–Kier alpha value is -1.63. The van der Waals surface area contributed by atoms with Crippen molar-refractivity contribution in [2.24, 2.45) is 5.84 Å². The van der Waals surface area contributed by atoms with Crippen molar-refractivity contribution in [3.8, 4) is 5.75 Å². The Balaban J connectivity index is 2.04. The number of carbonyl (C=O) groups is 1. The first kappa shape index (κ1) is 12.8. The van der Waals surface area contributed by atoms with E-state index in [0.29, 0.717) is 6.67 Å². The van der Waals surface area contributed by atoms with Crippen molar-refractivity contribution in [2.75, 3.05) is 31.8 Å². The molecule has 1 aromatic carbocycles. The fraction of sp³-hybridized carbons (Fsp3) is 0.417. The van der Waals surface area contributed by atoms with Gasteiger partial charge in [0.15, 0.2) is 6.61 Å². The van der Waals surface area contributed by atoms with Crippen LogP contribution in [0.5, 0.6) is 5.75 Å². The minimum atomic E-state index is -0.0230. The molecule has 4 N–H and O–H groups in total. The van der Waals surface area contributed by atoms with Crippen molar-refractivity contribution in [1.29, 1.82) is 0 Å². The van der Waals surface area contributed by atoms with E-state index in [4.69, 9.17) is 10.6 Å². The summed E-state index contributed by atoms with van der Waals surface area (Å²) in [5.41, 5.74) is 4.52. The molecule has 18 heavy (non-hydrogen) atoms. The van der Waals surface area contributed by atoms with Crippen LogP contribution in [0.15, 0.2) is 18.2 Å². The summed E-state index contributed by atoms with van der Waals surface area (Å²) in [7, 11) is 1.77. The number of hydrogen-bond donors (Lipinski definition) is 3. The van der Waals surface area contributed by atoms with E-state index in [0.717, 1.165) is 30.0 Å². The molecule has 0 aliphatic carbocycles. The Bertz CT molecular complexity index is 436. The smallest absolute Gasteiger partial charge is 0.264 e. The summed E-state index contributed by atoms with van der Waals surface area (Å²) < 4.78 is 5.37. The predicted octanol–water partition coefficient (Wildman–Crippen LogP) is -0.405. The van der Waals surface area contributed by atoms with Gasteiger partial charge in [0, 0.05) is 13.6 Å². The topological polar surface area (TPSA) is 79.6 Å². The number of fused-ring (bicyclic) bond motifs is 1. The lowest BCUT2D eigenvalue weighted by Gasteiger charge is -2.26. The Kier molecular flexibility index (Phi) is 4.14. The van der Waals surface area contributed by atoms with Crippen molar-refractivity contribution < 1.29 is 9.53 Å². The Morgan fingerprint density at radius 1 is 1.50 bits per heavy atom. The lowest BCUT2D eigenvalue weighted by Crippen LogP contribution is -2.36. The monoisotopic (exact) mass is 250 g/mol. The molecule has 0 spiro atoms. The molecule has 2 rings (SSSR count). The minimum Gasteiger partial charge on any atom is -0.482 e. The van der Waals surface area contributed by atoms with Gasteiger partial charge in [-0.3, -0.25) is 10.6 Å². The number of hydrazine groups is 1. The van der Waals surface area contributed by atoms with Crippen LogP contribution in [0.25, 0.3) is 0 Å². The normalized spacial score (nSPS) is 14.3. The number of nitrogens with one attached hydrogen (secondary N) is 2. The van der Waals surface area contributed by atoms with Crippen LogP contribution in [-0.2, 0) is 11.2 Å². The number of nitrogens with zero attached hydrogens (tertiary/aromatic N) is 1. The van der Waals surface area contributed by atoms with E-state index >= 15 is 0 Å². The average Bonchev–Trinajstić information content (AvgIpc) is 2.39. The number of benzene rings is 1. The number of carbonyl (C=O) groups excluding carboxylic acids is 1. The van der Waals surface area contributed by atoms with Crippen LogP contribution < -0.4 is 26.2 Å². The number of anilines is 1. The number of amides is 1. The summed E-state index contributed by atoms with van der Waals surface area (Å²) in [5.74, 6) is 5.90. The molecule has 0 bridgehead atoms. The second-order valence-corrected chi connectivity index (χ2v) is 4.17. The average molecular weight is 250 g/mol. The van der Waals surface area contributed by atoms with Gasteiger partial charge in [0.05, 0.1) is 12.4 Å². The van der Waals surface area contributed by atoms with Gasteiger partial charge in [-0.05, 0) is 24.1 Å². The van der Waals surface area contributed by atoms with Crippen molar-refractivity contribution >= 4 is 11.6 Å². The van der Waals surface area contributed by atoms with Crippen LogP contribution in [0.2, 0.25) is 0 Å². The fourth-order valence-electron chi connectivity index (χ4n) is 1.87. The van der Waals surface area contributed by atoms with E-state index in [9.17, 15) is 4.79 Å². The molecule has 0 atom stereocenters. The number of hydrogen-bond acceptors (Lipinski definition) is 5. The molecule has 0 saturated carbocycles. The van der Waals surface area contributed by atoms with Gasteiger partial charge in [-0.15, -0.1) is 0 Å². The van der Waals surface area contributed by atoms with E-state index < -0.39 is 0 Å². The molecule has 1 aliphatic heterocycles. The van der Waals surface area contributed by atoms with Crippen LogP contribution in [0.4, 0.5) is 5.69 Å². The summed E-state index contributed by atoms with van der Waals surface area (Å²) >= 11 is 0. The lowest BCUT2D eigenvalue weighted by molar-refractivity contribution is -0.120. The highest BCUT2D eigenvalue weighted by molar-refractivity contribution is 5.97. The summed E-state index contributed by atoms with van der Waals surface area (Å²) in [6, 6.07) is 5.92. The van der Waals surface area contributed by atoms with Crippen LogP contribution in [0.3, 0.4) is 0 Å². The third kappa shape index (κ3) is 2.79. The summed E-state index contributed by atoms with van der Waals surface area (Å²) in [4.78, 5) is 13.2. The van der Waals surface area contributed by atoms with Crippen LogP contribution in [0.1, 0.15) is 5.56 Å². The van der Waals surface area contributed by atoms with Crippen molar-refractivity contribution in [3.05, 3.63) is 23.8 Å². The largest absolute Gasteiger partial charge is 0.482 e. The van der Waals surface area contributed by atoms with Gasteiger partial charge in [0.2, 0.25) is 0 Å². The molecule has 1 heterocycles. The van der Waals surface area contributed by atoms with E-state index in [-0.39, 0.29) is 12.5 Å². The predicted molar refractivity (Wildman–Crippen MR) is 69.2 cm³/mol. The molecular formula is C12H18N4O2. The zero-order chi connectivity index (χ0) is 13.0. The van der Waals surface area contributed by atoms with Crippen molar-refractivity contribution in [2.45, 2.75) is 6.42 Å². The highest BCUT2D eigenvalue weighted by Gasteiger charge is 2.21. The molecule has 1 aliphatic rings. The van der Waals surface area contributed by atoms with E-state index in [1.807, 2.05) is 18.2 Å². The third-order valence-corrected chi connectivity index (χ3v) is 2.93. The molecular weight excluding hydrogens is 232 g/mol. The van der Waals surface area contributed by atoms with Gasteiger partial charge >= 0.3 is 0 Å². The minimum absolute atomic E-state index is 0.0230. The molecule has 6 nitrogen and oxygen atoms in total. The molecule has 0 unspecified atom stereocenters. The van der Waals surface area contributed by atoms with E-state index in [1.54, 1.807) is 11.9 Å². The van der Waals surface area contributed by atoms with Crippen LogP contribution >= 0.6 is 0 Å². The molecule has 1 amide bonds. The Morgan fingerprint density at radius 2 is 2.33 bits per heavy atom. The third-order valence-electron chi connectivity index (χ3n) is 2.93.